The molecule has 0 saturated heterocycles. The SMILES string of the molecule is COc1cc(Br)ccc1C(=O)C(=O)c1ccc(Br)cc1OC. The van der Waals surface area contributed by atoms with E-state index in [4.69, 9.17) is 9.47 Å². The number of ketones is 2. The average molecular weight is 428 g/mol. The second kappa shape index (κ2) is 7.07. The van der Waals surface area contributed by atoms with Gasteiger partial charge in [-0.3, -0.25) is 9.59 Å². The molecule has 2 aromatic rings. The average Bonchev–Trinajstić information content (AvgIpc) is 2.53. The van der Waals surface area contributed by atoms with Crippen LogP contribution in [0.5, 0.6) is 11.5 Å². The molecule has 0 fully saturated rings. The Morgan fingerprint density at radius 2 is 1.14 bits per heavy atom. The van der Waals surface area contributed by atoms with Gasteiger partial charge in [-0.2, -0.15) is 0 Å². The highest BCUT2D eigenvalue weighted by atomic mass is 79.9. The normalized spacial score (nSPS) is 10.2. The van der Waals surface area contributed by atoms with E-state index in [9.17, 15) is 9.59 Å². The predicted octanol–water partition coefficient (Wildman–Crippen LogP) is 4.29. The molecule has 0 bridgehead atoms. The molecule has 0 atom stereocenters. The predicted molar refractivity (Wildman–Crippen MR) is 90.0 cm³/mol. The zero-order valence-corrected chi connectivity index (χ0v) is 15.0. The summed E-state index contributed by atoms with van der Waals surface area (Å²) in [6, 6.07) is 9.74. The number of rotatable bonds is 5. The van der Waals surface area contributed by atoms with Crippen LogP contribution < -0.4 is 9.47 Å². The van der Waals surface area contributed by atoms with E-state index in [2.05, 4.69) is 31.9 Å². The van der Waals surface area contributed by atoms with Gasteiger partial charge in [0.05, 0.1) is 25.3 Å². The van der Waals surface area contributed by atoms with Crippen molar-refractivity contribution in [3.05, 3.63) is 56.5 Å². The van der Waals surface area contributed by atoms with Gasteiger partial charge in [-0.1, -0.05) is 31.9 Å². The molecule has 4 nitrogen and oxygen atoms in total. The van der Waals surface area contributed by atoms with Crippen LogP contribution in [0.3, 0.4) is 0 Å². The molecule has 2 aromatic carbocycles. The van der Waals surface area contributed by atoms with Gasteiger partial charge in [0.1, 0.15) is 11.5 Å². The van der Waals surface area contributed by atoms with Gasteiger partial charge >= 0.3 is 0 Å². The molecule has 0 radical (unpaired) electrons. The number of ether oxygens (including phenoxy) is 2. The monoisotopic (exact) mass is 426 g/mol. The van der Waals surface area contributed by atoms with E-state index in [1.165, 1.54) is 14.2 Å². The molecule has 0 aliphatic rings. The maximum absolute atomic E-state index is 12.5. The standard InChI is InChI=1S/C16H12Br2O4/c1-21-13-7-9(17)3-5-11(13)15(19)16(20)12-6-4-10(18)8-14(12)22-2/h3-8H,1-2H3. The number of halogens is 2. The number of Topliss-reactive ketones (excluding diaryl/α,β-unsaturated/α-hetero) is 2. The van der Waals surface area contributed by atoms with Crippen LogP contribution in [-0.4, -0.2) is 25.8 Å². The first kappa shape index (κ1) is 16.7. The van der Waals surface area contributed by atoms with E-state index in [1.807, 2.05) is 0 Å². The molecule has 0 spiro atoms. The molecule has 0 aromatic heterocycles. The quantitative estimate of drug-likeness (QED) is 0.527. The highest BCUT2D eigenvalue weighted by Crippen LogP contribution is 2.28. The van der Waals surface area contributed by atoms with E-state index in [1.54, 1.807) is 36.4 Å². The number of methoxy groups -OCH3 is 2. The van der Waals surface area contributed by atoms with Crippen LogP contribution >= 0.6 is 31.9 Å². The van der Waals surface area contributed by atoms with E-state index < -0.39 is 11.6 Å². The van der Waals surface area contributed by atoms with Crippen molar-refractivity contribution < 1.29 is 19.1 Å². The molecule has 0 saturated carbocycles. The van der Waals surface area contributed by atoms with Gasteiger partial charge in [-0.05, 0) is 36.4 Å². The minimum atomic E-state index is -0.648. The fourth-order valence-electron chi connectivity index (χ4n) is 1.95. The Balaban J connectivity index is 2.44. The van der Waals surface area contributed by atoms with Crippen LogP contribution in [-0.2, 0) is 0 Å². The van der Waals surface area contributed by atoms with E-state index in [0.717, 1.165) is 8.95 Å². The lowest BCUT2D eigenvalue weighted by molar-refractivity contribution is 0.0813. The summed E-state index contributed by atoms with van der Waals surface area (Å²) in [4.78, 5) is 25.0. The molecule has 0 amide bonds. The summed E-state index contributed by atoms with van der Waals surface area (Å²) in [5.74, 6) is -0.623. The van der Waals surface area contributed by atoms with Gasteiger partial charge in [-0.25, -0.2) is 0 Å². The third kappa shape index (κ3) is 3.39. The lowest BCUT2D eigenvalue weighted by Gasteiger charge is -2.10. The van der Waals surface area contributed by atoms with Crippen LogP contribution in [0.15, 0.2) is 45.3 Å². The van der Waals surface area contributed by atoms with Crippen LogP contribution in [0.4, 0.5) is 0 Å². The summed E-state index contributed by atoms with van der Waals surface area (Å²) in [6.45, 7) is 0. The second-order valence-electron chi connectivity index (χ2n) is 4.35. The van der Waals surface area contributed by atoms with Crippen molar-refractivity contribution in [3.63, 3.8) is 0 Å². The summed E-state index contributed by atoms with van der Waals surface area (Å²) in [6.07, 6.45) is 0. The van der Waals surface area contributed by atoms with Crippen LogP contribution in [0.1, 0.15) is 20.7 Å². The van der Waals surface area contributed by atoms with Crippen molar-refractivity contribution >= 4 is 43.4 Å². The van der Waals surface area contributed by atoms with Crippen LogP contribution in [0.25, 0.3) is 0 Å². The first-order valence-electron chi connectivity index (χ1n) is 6.24. The summed E-state index contributed by atoms with van der Waals surface area (Å²) in [7, 11) is 2.90. The topological polar surface area (TPSA) is 52.6 Å². The lowest BCUT2D eigenvalue weighted by Crippen LogP contribution is -2.16. The molecule has 0 aliphatic carbocycles. The molecular formula is C16H12Br2O4. The first-order valence-corrected chi connectivity index (χ1v) is 7.82. The zero-order valence-electron chi connectivity index (χ0n) is 11.9. The van der Waals surface area contributed by atoms with E-state index >= 15 is 0 Å². The minimum absolute atomic E-state index is 0.209. The smallest absolute Gasteiger partial charge is 0.237 e. The van der Waals surface area contributed by atoms with Gasteiger partial charge < -0.3 is 9.47 Å². The van der Waals surface area contributed by atoms with Gasteiger partial charge in [-0.15, -0.1) is 0 Å². The molecule has 22 heavy (non-hydrogen) atoms. The zero-order chi connectivity index (χ0) is 16.3. The fraction of sp³-hybridized carbons (Fsp3) is 0.125. The van der Waals surface area contributed by atoms with Gasteiger partial charge in [0, 0.05) is 8.95 Å². The van der Waals surface area contributed by atoms with Gasteiger partial charge in [0.15, 0.2) is 0 Å². The van der Waals surface area contributed by atoms with Crippen molar-refractivity contribution in [2.24, 2.45) is 0 Å². The number of carbonyl (C=O) groups excluding carboxylic acids is 2. The first-order chi connectivity index (χ1) is 10.5. The molecule has 0 aliphatic heterocycles. The second-order valence-corrected chi connectivity index (χ2v) is 6.18. The Hall–Kier alpha value is -1.66. The molecule has 2 rings (SSSR count). The van der Waals surface area contributed by atoms with E-state index in [-0.39, 0.29) is 11.1 Å². The van der Waals surface area contributed by atoms with Crippen molar-refractivity contribution in [2.75, 3.05) is 14.2 Å². The molecule has 0 N–H and O–H groups in total. The van der Waals surface area contributed by atoms with Crippen LogP contribution in [0, 0.1) is 0 Å². The maximum Gasteiger partial charge on any atom is 0.237 e. The highest BCUT2D eigenvalue weighted by Gasteiger charge is 2.24. The molecule has 0 heterocycles. The Labute approximate surface area is 144 Å². The lowest BCUT2D eigenvalue weighted by atomic mass is 10.00. The minimum Gasteiger partial charge on any atom is -0.496 e. The van der Waals surface area contributed by atoms with Crippen molar-refractivity contribution in [2.45, 2.75) is 0 Å². The third-order valence-electron chi connectivity index (χ3n) is 3.02. The number of hydrogen-bond acceptors (Lipinski definition) is 4. The van der Waals surface area contributed by atoms with Crippen molar-refractivity contribution in [1.82, 2.24) is 0 Å². The summed E-state index contributed by atoms with van der Waals surface area (Å²) >= 11 is 6.60. The fourth-order valence-corrected chi connectivity index (χ4v) is 2.63. The maximum atomic E-state index is 12.5. The Bertz CT molecular complexity index is 677. The molecular weight excluding hydrogens is 416 g/mol. The Morgan fingerprint density at radius 1 is 0.773 bits per heavy atom. The number of carbonyl (C=O) groups is 2. The largest absolute Gasteiger partial charge is 0.496 e. The van der Waals surface area contributed by atoms with Gasteiger partial charge in [0.25, 0.3) is 0 Å². The summed E-state index contributed by atoms with van der Waals surface area (Å²) < 4.78 is 11.9. The summed E-state index contributed by atoms with van der Waals surface area (Å²) in [5, 5.41) is 0. The third-order valence-corrected chi connectivity index (χ3v) is 4.01. The van der Waals surface area contributed by atoms with Gasteiger partial charge in [0.2, 0.25) is 11.6 Å². The molecule has 114 valence electrons. The van der Waals surface area contributed by atoms with Crippen molar-refractivity contribution in [3.8, 4) is 11.5 Å². The molecule has 6 heteroatoms. The van der Waals surface area contributed by atoms with Crippen LogP contribution in [0.2, 0.25) is 0 Å². The van der Waals surface area contributed by atoms with Crippen molar-refractivity contribution in [1.29, 1.82) is 0 Å². The van der Waals surface area contributed by atoms with E-state index in [0.29, 0.717) is 11.5 Å². The highest BCUT2D eigenvalue weighted by molar-refractivity contribution is 9.10. The Morgan fingerprint density at radius 3 is 1.45 bits per heavy atom. The number of hydrogen-bond donors (Lipinski definition) is 0. The molecule has 0 unspecified atom stereocenters. The Kier molecular flexibility index (Phi) is 5.37. The summed E-state index contributed by atoms with van der Waals surface area (Å²) in [5.41, 5.74) is 0.418. The number of benzene rings is 2.